The summed E-state index contributed by atoms with van der Waals surface area (Å²) in [6.07, 6.45) is 3.52. The van der Waals surface area contributed by atoms with Gasteiger partial charge in [-0.25, -0.2) is 13.1 Å². The molecule has 0 aromatic heterocycles. The second kappa shape index (κ2) is 10.6. The first-order chi connectivity index (χ1) is 14.5. The average Bonchev–Trinajstić information content (AvgIpc) is 2.78. The number of nitrogens with one attached hydrogen (secondary N) is 1. The van der Waals surface area contributed by atoms with E-state index in [1.165, 1.54) is 0 Å². The first kappa shape index (κ1) is 22.3. The molecule has 6 nitrogen and oxygen atoms in total. The summed E-state index contributed by atoms with van der Waals surface area (Å²) in [6, 6.07) is 16.4. The summed E-state index contributed by atoms with van der Waals surface area (Å²) in [5.41, 5.74) is 1.14. The van der Waals surface area contributed by atoms with Gasteiger partial charge in [0.15, 0.2) is 6.61 Å². The lowest BCUT2D eigenvalue weighted by Crippen LogP contribution is -2.43. The number of hydrogen-bond acceptors (Lipinski definition) is 4. The van der Waals surface area contributed by atoms with E-state index < -0.39 is 10.0 Å². The number of hydrogen-bond donors (Lipinski definition) is 1. The molecule has 0 bridgehead atoms. The SMILES string of the molecule is CCCc1ccc(S(=O)(=O)NCC2CCN(C(=O)COc3ccccc3)CC2)cc1. The van der Waals surface area contributed by atoms with Crippen molar-refractivity contribution in [2.24, 2.45) is 5.92 Å². The molecule has 3 rings (SSSR count). The Bertz CT molecular complexity index is 906. The lowest BCUT2D eigenvalue weighted by molar-refractivity contribution is -0.134. The number of amides is 1. The normalized spacial score (nSPS) is 15.2. The van der Waals surface area contributed by atoms with Crippen LogP contribution in [-0.2, 0) is 21.2 Å². The molecule has 1 N–H and O–H groups in total. The zero-order valence-electron chi connectivity index (χ0n) is 17.4. The summed E-state index contributed by atoms with van der Waals surface area (Å²) >= 11 is 0. The quantitative estimate of drug-likeness (QED) is 0.663. The molecule has 1 saturated heterocycles. The zero-order chi connectivity index (χ0) is 21.4. The molecule has 0 radical (unpaired) electrons. The number of para-hydroxylation sites is 1. The van der Waals surface area contributed by atoms with Gasteiger partial charge in [0.05, 0.1) is 4.90 Å². The number of ether oxygens (including phenoxy) is 1. The molecule has 2 aromatic rings. The summed E-state index contributed by atoms with van der Waals surface area (Å²) in [4.78, 5) is 14.4. The Morgan fingerprint density at radius 2 is 1.73 bits per heavy atom. The number of carbonyl (C=O) groups is 1. The fourth-order valence-electron chi connectivity index (χ4n) is 3.57. The van der Waals surface area contributed by atoms with Gasteiger partial charge >= 0.3 is 0 Å². The van der Waals surface area contributed by atoms with Crippen molar-refractivity contribution in [2.45, 2.75) is 37.5 Å². The van der Waals surface area contributed by atoms with Gasteiger partial charge in [-0.3, -0.25) is 4.79 Å². The average molecular weight is 431 g/mol. The van der Waals surface area contributed by atoms with E-state index in [9.17, 15) is 13.2 Å². The maximum Gasteiger partial charge on any atom is 0.260 e. The summed E-state index contributed by atoms with van der Waals surface area (Å²) in [5.74, 6) is 0.862. The van der Waals surface area contributed by atoms with Crippen LogP contribution in [0, 0.1) is 5.92 Å². The third kappa shape index (κ3) is 6.31. The Morgan fingerprint density at radius 3 is 2.37 bits per heavy atom. The van der Waals surface area contributed by atoms with Gasteiger partial charge in [0.25, 0.3) is 5.91 Å². The Morgan fingerprint density at radius 1 is 1.07 bits per heavy atom. The second-order valence-electron chi connectivity index (χ2n) is 7.67. The van der Waals surface area contributed by atoms with Crippen molar-refractivity contribution < 1.29 is 17.9 Å². The fourth-order valence-corrected chi connectivity index (χ4v) is 4.69. The van der Waals surface area contributed by atoms with Crippen molar-refractivity contribution in [2.75, 3.05) is 26.2 Å². The van der Waals surface area contributed by atoms with Gasteiger partial charge in [-0.15, -0.1) is 0 Å². The minimum atomic E-state index is -3.51. The van der Waals surface area contributed by atoms with Crippen molar-refractivity contribution in [3.8, 4) is 5.75 Å². The number of carbonyl (C=O) groups excluding carboxylic acids is 1. The number of aryl methyl sites for hydroxylation is 1. The van der Waals surface area contributed by atoms with Gasteiger partial charge in [-0.05, 0) is 55.0 Å². The van der Waals surface area contributed by atoms with Crippen LogP contribution in [0.15, 0.2) is 59.5 Å². The lowest BCUT2D eigenvalue weighted by Gasteiger charge is -2.32. The van der Waals surface area contributed by atoms with E-state index in [1.807, 2.05) is 42.5 Å². The van der Waals surface area contributed by atoms with Crippen LogP contribution in [0.5, 0.6) is 5.75 Å². The molecule has 0 atom stereocenters. The molecule has 0 spiro atoms. The molecule has 1 heterocycles. The molecule has 1 fully saturated rings. The van der Waals surface area contributed by atoms with E-state index in [-0.39, 0.29) is 18.4 Å². The molecule has 0 aliphatic carbocycles. The number of sulfonamides is 1. The molecule has 0 unspecified atom stereocenters. The van der Waals surface area contributed by atoms with Gasteiger partial charge in [0.2, 0.25) is 10.0 Å². The third-order valence-corrected chi connectivity index (χ3v) is 6.85. The highest BCUT2D eigenvalue weighted by Gasteiger charge is 2.24. The molecule has 7 heteroatoms. The molecule has 162 valence electrons. The fraction of sp³-hybridized carbons (Fsp3) is 0.435. The highest BCUT2D eigenvalue weighted by molar-refractivity contribution is 7.89. The second-order valence-corrected chi connectivity index (χ2v) is 9.44. The van der Waals surface area contributed by atoms with E-state index >= 15 is 0 Å². The maximum absolute atomic E-state index is 12.5. The van der Waals surface area contributed by atoms with Gasteiger partial charge < -0.3 is 9.64 Å². The van der Waals surface area contributed by atoms with E-state index in [0.717, 1.165) is 31.2 Å². The Kier molecular flexibility index (Phi) is 7.87. The molecule has 1 amide bonds. The first-order valence-corrected chi connectivity index (χ1v) is 12.0. The van der Waals surface area contributed by atoms with Crippen molar-refractivity contribution >= 4 is 15.9 Å². The third-order valence-electron chi connectivity index (χ3n) is 5.41. The predicted octanol–water partition coefficient (Wildman–Crippen LogP) is 3.24. The van der Waals surface area contributed by atoms with Crippen molar-refractivity contribution in [1.29, 1.82) is 0 Å². The number of nitrogens with zero attached hydrogens (tertiary/aromatic N) is 1. The monoisotopic (exact) mass is 430 g/mol. The Labute approximate surface area is 179 Å². The Balaban J connectivity index is 1.42. The van der Waals surface area contributed by atoms with E-state index in [1.54, 1.807) is 17.0 Å². The van der Waals surface area contributed by atoms with Crippen LogP contribution in [0.2, 0.25) is 0 Å². The van der Waals surface area contributed by atoms with Crippen LogP contribution in [0.1, 0.15) is 31.7 Å². The molecular formula is C23H30N2O4S. The van der Waals surface area contributed by atoms with E-state index in [4.69, 9.17) is 4.74 Å². The topological polar surface area (TPSA) is 75.7 Å². The van der Waals surface area contributed by atoms with E-state index in [2.05, 4.69) is 11.6 Å². The standard InChI is InChI=1S/C23H30N2O4S/c1-2-6-19-9-11-22(12-10-19)30(27,28)24-17-20-13-15-25(16-14-20)23(26)18-29-21-7-4-3-5-8-21/h3-5,7-12,20,24H,2,6,13-18H2,1H3. The summed E-state index contributed by atoms with van der Waals surface area (Å²) in [5, 5.41) is 0. The highest BCUT2D eigenvalue weighted by Crippen LogP contribution is 2.19. The number of benzene rings is 2. The van der Waals surface area contributed by atoms with Gasteiger partial charge in [-0.2, -0.15) is 0 Å². The molecule has 30 heavy (non-hydrogen) atoms. The Hall–Kier alpha value is -2.38. The van der Waals surface area contributed by atoms with Crippen LogP contribution in [0.25, 0.3) is 0 Å². The minimum Gasteiger partial charge on any atom is -0.484 e. The molecule has 2 aromatic carbocycles. The van der Waals surface area contributed by atoms with Gasteiger partial charge in [-0.1, -0.05) is 43.7 Å². The maximum atomic E-state index is 12.5. The van der Waals surface area contributed by atoms with Crippen molar-refractivity contribution in [1.82, 2.24) is 9.62 Å². The first-order valence-electron chi connectivity index (χ1n) is 10.5. The zero-order valence-corrected chi connectivity index (χ0v) is 18.2. The summed E-state index contributed by atoms with van der Waals surface area (Å²) < 4.78 is 33.3. The van der Waals surface area contributed by atoms with Gasteiger partial charge in [0.1, 0.15) is 5.75 Å². The largest absolute Gasteiger partial charge is 0.484 e. The van der Waals surface area contributed by atoms with Crippen LogP contribution in [0.3, 0.4) is 0 Å². The molecule has 1 aliphatic rings. The predicted molar refractivity (Wildman–Crippen MR) is 117 cm³/mol. The van der Waals surface area contributed by atoms with Crippen LogP contribution in [0.4, 0.5) is 0 Å². The molecule has 0 saturated carbocycles. The van der Waals surface area contributed by atoms with Crippen molar-refractivity contribution in [3.05, 3.63) is 60.2 Å². The molecular weight excluding hydrogens is 400 g/mol. The van der Waals surface area contributed by atoms with Crippen LogP contribution < -0.4 is 9.46 Å². The van der Waals surface area contributed by atoms with Gasteiger partial charge in [0, 0.05) is 19.6 Å². The van der Waals surface area contributed by atoms with Crippen molar-refractivity contribution in [3.63, 3.8) is 0 Å². The lowest BCUT2D eigenvalue weighted by atomic mass is 9.97. The van der Waals surface area contributed by atoms with Crippen LogP contribution in [-0.4, -0.2) is 45.5 Å². The minimum absolute atomic E-state index is 0.0232. The number of likely N-dealkylation sites (tertiary alicyclic amines) is 1. The van der Waals surface area contributed by atoms with E-state index in [0.29, 0.717) is 30.3 Å². The molecule has 1 aliphatic heterocycles. The number of piperidine rings is 1. The smallest absolute Gasteiger partial charge is 0.260 e. The van der Waals surface area contributed by atoms with Crippen LogP contribution >= 0.6 is 0 Å². The number of rotatable bonds is 9. The summed E-state index contributed by atoms with van der Waals surface area (Å²) in [7, 11) is -3.51. The highest BCUT2D eigenvalue weighted by atomic mass is 32.2. The summed E-state index contributed by atoms with van der Waals surface area (Å²) in [6.45, 7) is 3.75.